The van der Waals surface area contributed by atoms with Crippen LogP contribution in [0.4, 0.5) is 0 Å². The van der Waals surface area contributed by atoms with Gasteiger partial charge in [-0.1, -0.05) is 11.6 Å². The molecule has 0 unspecified atom stereocenters. The van der Waals surface area contributed by atoms with Gasteiger partial charge >= 0.3 is 0 Å². The molecule has 1 aliphatic rings. The highest BCUT2D eigenvalue weighted by molar-refractivity contribution is 6.30. The summed E-state index contributed by atoms with van der Waals surface area (Å²) in [5.74, 6) is 0.563. The fraction of sp³-hybridized carbons (Fsp3) is 0.625. The zero-order valence-corrected chi connectivity index (χ0v) is 14.1. The van der Waals surface area contributed by atoms with E-state index in [-0.39, 0.29) is 17.0 Å². The number of benzene rings is 1. The van der Waals surface area contributed by atoms with Crippen LogP contribution in [0.3, 0.4) is 0 Å². The second-order valence-corrected chi connectivity index (χ2v) is 7.32. The van der Waals surface area contributed by atoms with Gasteiger partial charge in [-0.25, -0.2) is 0 Å². The summed E-state index contributed by atoms with van der Waals surface area (Å²) in [4.78, 5) is 2.27. The predicted molar refractivity (Wildman–Crippen MR) is 84.2 cm³/mol. The van der Waals surface area contributed by atoms with Crippen LogP contribution in [-0.2, 0) is 11.3 Å². The van der Waals surface area contributed by atoms with Crippen LogP contribution in [0.25, 0.3) is 0 Å². The first-order valence-corrected chi connectivity index (χ1v) is 7.48. The number of phenols is 1. The molecular weight excluding hydrogens is 290 g/mol. The standard InChI is InChI=1S/C16H24ClNO3/c1-15(2)9-18(10-16(3,4)21-15)8-11-6-12(17)7-13(20-5)14(11)19/h6-7,19H,8-10H2,1-5H3. The van der Waals surface area contributed by atoms with Gasteiger partial charge in [-0.15, -0.1) is 0 Å². The Labute approximate surface area is 131 Å². The summed E-state index contributed by atoms with van der Waals surface area (Å²) in [5, 5.41) is 10.8. The molecule has 0 aliphatic carbocycles. The van der Waals surface area contributed by atoms with Gasteiger partial charge in [0.25, 0.3) is 0 Å². The van der Waals surface area contributed by atoms with Gasteiger partial charge in [0.15, 0.2) is 11.5 Å². The number of methoxy groups -OCH3 is 1. The van der Waals surface area contributed by atoms with Gasteiger partial charge in [0.2, 0.25) is 0 Å². The molecule has 21 heavy (non-hydrogen) atoms. The smallest absolute Gasteiger partial charge is 0.162 e. The van der Waals surface area contributed by atoms with Crippen molar-refractivity contribution < 1.29 is 14.6 Å². The van der Waals surface area contributed by atoms with Crippen molar-refractivity contribution in [3.05, 3.63) is 22.7 Å². The minimum absolute atomic E-state index is 0.156. The molecule has 1 aliphatic heterocycles. The van der Waals surface area contributed by atoms with E-state index >= 15 is 0 Å². The molecule has 1 N–H and O–H groups in total. The van der Waals surface area contributed by atoms with Gasteiger partial charge in [0.1, 0.15) is 0 Å². The number of hydrogen-bond donors (Lipinski definition) is 1. The monoisotopic (exact) mass is 313 g/mol. The molecule has 1 saturated heterocycles. The molecule has 118 valence electrons. The molecule has 4 nitrogen and oxygen atoms in total. The van der Waals surface area contributed by atoms with E-state index in [4.69, 9.17) is 21.1 Å². The van der Waals surface area contributed by atoms with Crippen LogP contribution >= 0.6 is 11.6 Å². The first-order valence-electron chi connectivity index (χ1n) is 7.10. The number of aromatic hydroxyl groups is 1. The number of hydrogen-bond acceptors (Lipinski definition) is 4. The van der Waals surface area contributed by atoms with E-state index in [1.165, 1.54) is 7.11 Å². The average molecular weight is 314 g/mol. The molecule has 0 aromatic heterocycles. The predicted octanol–water partition coefficient (Wildman–Crippen LogP) is 3.44. The molecule has 0 atom stereocenters. The molecule has 0 spiro atoms. The third kappa shape index (κ3) is 4.02. The molecule has 0 amide bonds. The first-order chi connectivity index (χ1) is 9.62. The van der Waals surface area contributed by atoms with Gasteiger partial charge in [0.05, 0.1) is 18.3 Å². The van der Waals surface area contributed by atoms with Crippen molar-refractivity contribution in [2.45, 2.75) is 45.4 Å². The minimum atomic E-state index is -0.222. The SMILES string of the molecule is COc1cc(Cl)cc(CN2CC(C)(C)OC(C)(C)C2)c1O. The number of nitrogens with zero attached hydrogens (tertiary/aromatic N) is 1. The molecule has 1 heterocycles. The van der Waals surface area contributed by atoms with E-state index in [1.807, 2.05) is 0 Å². The molecule has 0 saturated carbocycles. The molecule has 1 fully saturated rings. The first kappa shape index (κ1) is 16.4. The summed E-state index contributed by atoms with van der Waals surface area (Å²) >= 11 is 6.10. The second kappa shape index (κ2) is 5.67. The molecule has 1 aromatic rings. The van der Waals surface area contributed by atoms with Crippen LogP contribution in [0.2, 0.25) is 5.02 Å². The quantitative estimate of drug-likeness (QED) is 0.928. The lowest BCUT2D eigenvalue weighted by Gasteiger charge is -2.47. The van der Waals surface area contributed by atoms with Gasteiger partial charge in [0, 0.05) is 36.3 Å². The van der Waals surface area contributed by atoms with Crippen LogP contribution in [0.15, 0.2) is 12.1 Å². The number of halogens is 1. The van der Waals surface area contributed by atoms with Gasteiger partial charge in [-0.05, 0) is 33.8 Å². The summed E-state index contributed by atoms with van der Waals surface area (Å²) in [6.45, 7) is 10.5. The lowest BCUT2D eigenvalue weighted by atomic mass is 9.98. The average Bonchev–Trinajstić information content (AvgIpc) is 2.29. The maximum Gasteiger partial charge on any atom is 0.162 e. The Morgan fingerprint density at radius 3 is 2.33 bits per heavy atom. The van der Waals surface area contributed by atoms with Gasteiger partial charge in [-0.3, -0.25) is 4.90 Å². The Morgan fingerprint density at radius 2 is 1.81 bits per heavy atom. The molecular formula is C16H24ClNO3. The maximum absolute atomic E-state index is 10.3. The van der Waals surface area contributed by atoms with Crippen LogP contribution < -0.4 is 4.74 Å². The second-order valence-electron chi connectivity index (χ2n) is 6.88. The zero-order valence-electron chi connectivity index (χ0n) is 13.4. The Balaban J connectivity index is 2.24. The van der Waals surface area contributed by atoms with Crippen LogP contribution in [-0.4, -0.2) is 41.4 Å². The highest BCUT2D eigenvalue weighted by Crippen LogP contribution is 2.36. The Morgan fingerprint density at radius 1 is 1.24 bits per heavy atom. The number of phenolic OH excluding ortho intramolecular Hbond substituents is 1. The summed E-state index contributed by atoms with van der Waals surface area (Å²) in [6.07, 6.45) is 0. The fourth-order valence-corrected chi connectivity index (χ4v) is 3.43. The summed E-state index contributed by atoms with van der Waals surface area (Å²) in [7, 11) is 1.52. The Bertz CT molecular complexity index is 512. The van der Waals surface area contributed by atoms with E-state index in [9.17, 15) is 5.11 Å². The number of rotatable bonds is 3. The summed E-state index contributed by atoms with van der Waals surface area (Å²) in [5.41, 5.74) is 0.327. The normalized spacial score (nSPS) is 21.2. The lowest BCUT2D eigenvalue weighted by Crippen LogP contribution is -2.56. The van der Waals surface area contributed by atoms with Crippen molar-refractivity contribution in [3.63, 3.8) is 0 Å². The highest BCUT2D eigenvalue weighted by Gasteiger charge is 2.38. The summed E-state index contributed by atoms with van der Waals surface area (Å²) in [6, 6.07) is 3.41. The van der Waals surface area contributed by atoms with E-state index in [1.54, 1.807) is 12.1 Å². The molecule has 5 heteroatoms. The highest BCUT2D eigenvalue weighted by atomic mass is 35.5. The third-order valence-electron chi connectivity index (χ3n) is 3.49. The van der Waals surface area contributed by atoms with E-state index < -0.39 is 0 Å². The van der Waals surface area contributed by atoms with Crippen LogP contribution in [0.5, 0.6) is 11.5 Å². The number of morpholine rings is 1. The van der Waals surface area contributed by atoms with Gasteiger partial charge in [-0.2, -0.15) is 0 Å². The number of ether oxygens (including phenoxy) is 2. The lowest BCUT2D eigenvalue weighted by molar-refractivity contribution is -0.182. The van der Waals surface area contributed by atoms with Crippen molar-refractivity contribution in [2.24, 2.45) is 0 Å². The maximum atomic E-state index is 10.3. The zero-order chi connectivity index (χ0) is 15.8. The minimum Gasteiger partial charge on any atom is -0.504 e. The Hall–Kier alpha value is -0.970. The topological polar surface area (TPSA) is 41.9 Å². The van der Waals surface area contributed by atoms with Crippen molar-refractivity contribution in [1.29, 1.82) is 0 Å². The van der Waals surface area contributed by atoms with E-state index in [2.05, 4.69) is 32.6 Å². The van der Waals surface area contributed by atoms with Gasteiger partial charge < -0.3 is 14.6 Å². The van der Waals surface area contributed by atoms with Crippen molar-refractivity contribution in [1.82, 2.24) is 4.90 Å². The third-order valence-corrected chi connectivity index (χ3v) is 3.71. The molecule has 0 bridgehead atoms. The van der Waals surface area contributed by atoms with Crippen molar-refractivity contribution >= 4 is 11.6 Å². The van der Waals surface area contributed by atoms with Crippen molar-refractivity contribution in [2.75, 3.05) is 20.2 Å². The molecule has 2 rings (SSSR count). The Kier molecular flexibility index (Phi) is 4.43. The van der Waals surface area contributed by atoms with Crippen LogP contribution in [0, 0.1) is 0 Å². The van der Waals surface area contributed by atoms with Crippen molar-refractivity contribution in [3.8, 4) is 11.5 Å². The fourth-order valence-electron chi connectivity index (χ4n) is 3.20. The van der Waals surface area contributed by atoms with E-state index in [0.717, 1.165) is 18.7 Å². The molecule has 1 aromatic carbocycles. The van der Waals surface area contributed by atoms with E-state index in [0.29, 0.717) is 17.3 Å². The largest absolute Gasteiger partial charge is 0.504 e. The summed E-state index contributed by atoms with van der Waals surface area (Å²) < 4.78 is 11.2. The van der Waals surface area contributed by atoms with Crippen LogP contribution in [0.1, 0.15) is 33.3 Å². The molecule has 0 radical (unpaired) electrons.